The number of halogens is 2. The van der Waals surface area contributed by atoms with Crippen LogP contribution in [0.1, 0.15) is 31.2 Å². The van der Waals surface area contributed by atoms with Gasteiger partial charge in [-0.05, 0) is 18.9 Å². The summed E-state index contributed by atoms with van der Waals surface area (Å²) in [5, 5.41) is 3.40. The Morgan fingerprint density at radius 2 is 2.17 bits per heavy atom. The van der Waals surface area contributed by atoms with Gasteiger partial charge in [0.25, 0.3) is 0 Å². The summed E-state index contributed by atoms with van der Waals surface area (Å²) >= 11 is 0. The monoisotopic (exact) mass is 411 g/mol. The number of hydrogen-bond acceptors (Lipinski definition) is 5. The van der Waals surface area contributed by atoms with Gasteiger partial charge in [0.1, 0.15) is 5.82 Å². The van der Waals surface area contributed by atoms with Gasteiger partial charge in [-0.1, -0.05) is 12.8 Å². The van der Waals surface area contributed by atoms with Gasteiger partial charge in [-0.3, -0.25) is 9.69 Å². The zero-order valence-corrected chi connectivity index (χ0v) is 17.5. The maximum Gasteiger partial charge on any atom is 0.236 e. The van der Waals surface area contributed by atoms with Gasteiger partial charge in [0.2, 0.25) is 5.91 Å². The van der Waals surface area contributed by atoms with Crippen molar-refractivity contribution >= 4 is 5.91 Å². The van der Waals surface area contributed by atoms with Gasteiger partial charge < -0.3 is 19.7 Å². The van der Waals surface area contributed by atoms with E-state index in [4.69, 9.17) is 9.47 Å². The maximum atomic E-state index is 14.1. The molecule has 8 heteroatoms. The smallest absolute Gasteiger partial charge is 0.236 e. The number of ether oxygens (including phenoxy) is 2. The van der Waals surface area contributed by atoms with Crippen molar-refractivity contribution < 1.29 is 23.0 Å². The Bertz CT molecular complexity index is 727. The average molecular weight is 411 g/mol. The van der Waals surface area contributed by atoms with Gasteiger partial charge >= 0.3 is 0 Å². The summed E-state index contributed by atoms with van der Waals surface area (Å²) in [4.78, 5) is 15.8. The van der Waals surface area contributed by atoms with Crippen molar-refractivity contribution in [1.29, 1.82) is 0 Å². The quantitative estimate of drug-likeness (QED) is 0.778. The van der Waals surface area contributed by atoms with Gasteiger partial charge in [-0.25, -0.2) is 8.78 Å². The molecule has 0 bridgehead atoms. The van der Waals surface area contributed by atoms with Crippen LogP contribution in [0.3, 0.4) is 0 Å². The fraction of sp³-hybridized carbons (Fsp3) is 0.667. The fourth-order valence-corrected chi connectivity index (χ4v) is 4.45. The Morgan fingerprint density at radius 1 is 1.38 bits per heavy atom. The summed E-state index contributed by atoms with van der Waals surface area (Å²) in [6.07, 6.45) is 3.98. The number of likely N-dealkylation sites (N-methyl/N-ethyl adjacent to an activating group) is 1. The summed E-state index contributed by atoms with van der Waals surface area (Å²) < 4.78 is 39.3. The number of rotatable bonds is 6. The molecule has 0 aromatic heterocycles. The number of methoxy groups -OCH3 is 1. The van der Waals surface area contributed by atoms with Gasteiger partial charge in [0.05, 0.1) is 25.9 Å². The molecule has 29 heavy (non-hydrogen) atoms. The second-order valence-electron chi connectivity index (χ2n) is 8.17. The molecule has 0 unspecified atom stereocenters. The normalized spacial score (nSPS) is 25.2. The lowest BCUT2D eigenvalue weighted by Gasteiger charge is -2.50. The summed E-state index contributed by atoms with van der Waals surface area (Å²) in [7, 11) is 4.87. The number of carbonyl (C=O) groups excluding carboxylic acids is 1. The van der Waals surface area contributed by atoms with E-state index in [1.165, 1.54) is 13.2 Å². The van der Waals surface area contributed by atoms with Crippen LogP contribution in [-0.2, 0) is 16.1 Å². The molecule has 1 aliphatic carbocycles. The van der Waals surface area contributed by atoms with E-state index in [1.807, 2.05) is 0 Å². The third-order valence-electron chi connectivity index (χ3n) is 5.95. The van der Waals surface area contributed by atoms with Crippen molar-refractivity contribution in [2.75, 3.05) is 47.4 Å². The van der Waals surface area contributed by atoms with E-state index >= 15 is 0 Å². The first-order valence-corrected chi connectivity index (χ1v) is 10.2. The highest BCUT2D eigenvalue weighted by atomic mass is 19.1. The molecule has 1 N–H and O–H groups in total. The minimum atomic E-state index is -0.690. The number of morpholine rings is 1. The highest BCUT2D eigenvalue weighted by Crippen LogP contribution is 2.36. The van der Waals surface area contributed by atoms with E-state index in [2.05, 4.69) is 10.2 Å². The average Bonchev–Trinajstić information content (AvgIpc) is 2.67. The third-order valence-corrected chi connectivity index (χ3v) is 5.95. The van der Waals surface area contributed by atoms with Gasteiger partial charge in [0.15, 0.2) is 11.6 Å². The topological polar surface area (TPSA) is 54.0 Å². The number of amides is 1. The lowest BCUT2D eigenvalue weighted by atomic mass is 9.78. The van der Waals surface area contributed by atoms with E-state index in [0.717, 1.165) is 31.7 Å². The Morgan fingerprint density at radius 3 is 2.90 bits per heavy atom. The molecule has 1 aromatic rings. The zero-order chi connectivity index (χ0) is 21.0. The van der Waals surface area contributed by atoms with Gasteiger partial charge in [-0.15, -0.1) is 0 Å². The Balaban J connectivity index is 1.73. The highest BCUT2D eigenvalue weighted by Gasteiger charge is 2.45. The third kappa shape index (κ3) is 5.05. The first-order chi connectivity index (χ1) is 13.8. The fourth-order valence-electron chi connectivity index (χ4n) is 4.45. The lowest BCUT2D eigenvalue weighted by Crippen LogP contribution is -2.63. The van der Waals surface area contributed by atoms with E-state index < -0.39 is 17.2 Å². The van der Waals surface area contributed by atoms with Crippen LogP contribution in [0.4, 0.5) is 8.78 Å². The van der Waals surface area contributed by atoms with Crippen molar-refractivity contribution in [3.63, 3.8) is 0 Å². The predicted molar refractivity (Wildman–Crippen MR) is 106 cm³/mol. The van der Waals surface area contributed by atoms with Gasteiger partial charge in [0, 0.05) is 51.4 Å². The Kier molecular flexibility index (Phi) is 7.08. The van der Waals surface area contributed by atoms with E-state index in [9.17, 15) is 13.6 Å². The van der Waals surface area contributed by atoms with Crippen LogP contribution < -0.4 is 10.1 Å². The minimum Gasteiger partial charge on any atom is -0.493 e. The van der Waals surface area contributed by atoms with E-state index in [1.54, 1.807) is 19.0 Å². The summed E-state index contributed by atoms with van der Waals surface area (Å²) in [6.45, 7) is 2.51. The van der Waals surface area contributed by atoms with Crippen LogP contribution >= 0.6 is 0 Å². The predicted octanol–water partition coefficient (Wildman–Crippen LogP) is 2.16. The largest absolute Gasteiger partial charge is 0.493 e. The number of carbonyl (C=O) groups is 1. The molecule has 1 aliphatic heterocycles. The van der Waals surface area contributed by atoms with Crippen LogP contribution in [0, 0.1) is 11.6 Å². The van der Waals surface area contributed by atoms with Crippen LogP contribution in [0.5, 0.6) is 5.75 Å². The van der Waals surface area contributed by atoms with Crippen molar-refractivity contribution in [1.82, 2.24) is 15.1 Å². The summed E-state index contributed by atoms with van der Waals surface area (Å²) in [5.41, 5.74) is 0.0903. The highest BCUT2D eigenvalue weighted by molar-refractivity contribution is 5.77. The van der Waals surface area contributed by atoms with Crippen LogP contribution in [0.15, 0.2) is 12.1 Å². The van der Waals surface area contributed by atoms with E-state index in [-0.39, 0.29) is 24.2 Å². The molecule has 1 aromatic carbocycles. The lowest BCUT2D eigenvalue weighted by molar-refractivity contribution is -0.147. The standard InChI is InChI=1S/C21H31F2N3O3/c1-25(2)19(27)12-24-18-6-4-5-7-21(18)14-26(8-9-29-21)13-15-10-16(22)11-17(23)20(15)28-3/h10-11,18,24H,4-9,12-14H2,1-3H3/t18-,21+/m1/s1. The zero-order valence-electron chi connectivity index (χ0n) is 17.5. The number of nitrogens with one attached hydrogen (secondary N) is 1. The Labute approximate surface area is 171 Å². The van der Waals surface area contributed by atoms with Crippen molar-refractivity contribution in [2.24, 2.45) is 0 Å². The summed E-state index contributed by atoms with van der Waals surface area (Å²) in [6, 6.07) is 2.23. The SMILES string of the molecule is COc1c(F)cc(F)cc1CN1CCO[C@@]2(CCCC[C@H]2NCC(=O)N(C)C)C1. The molecular weight excluding hydrogens is 380 g/mol. The molecule has 2 aliphatic rings. The first-order valence-electron chi connectivity index (χ1n) is 10.2. The molecule has 1 saturated carbocycles. The number of benzene rings is 1. The molecule has 3 rings (SSSR count). The second kappa shape index (κ2) is 9.36. The second-order valence-corrected chi connectivity index (χ2v) is 8.17. The molecule has 1 saturated heterocycles. The molecule has 2 atom stereocenters. The van der Waals surface area contributed by atoms with Crippen LogP contribution in [0.2, 0.25) is 0 Å². The molecule has 1 spiro atoms. The molecular formula is C21H31F2N3O3. The maximum absolute atomic E-state index is 14.1. The van der Waals surface area contributed by atoms with Crippen molar-refractivity contribution in [2.45, 2.75) is 43.9 Å². The first kappa shape index (κ1) is 21.9. The number of hydrogen-bond donors (Lipinski definition) is 1. The molecule has 6 nitrogen and oxygen atoms in total. The molecule has 0 radical (unpaired) electrons. The number of nitrogens with zero attached hydrogens (tertiary/aromatic N) is 2. The minimum absolute atomic E-state index is 0.0263. The molecule has 1 amide bonds. The molecule has 2 fully saturated rings. The van der Waals surface area contributed by atoms with Crippen molar-refractivity contribution in [3.05, 3.63) is 29.3 Å². The van der Waals surface area contributed by atoms with Crippen LogP contribution in [0.25, 0.3) is 0 Å². The van der Waals surface area contributed by atoms with E-state index in [0.29, 0.717) is 31.8 Å². The van der Waals surface area contributed by atoms with Crippen molar-refractivity contribution in [3.8, 4) is 5.75 Å². The van der Waals surface area contributed by atoms with Crippen LogP contribution in [-0.4, -0.2) is 74.8 Å². The Hall–Kier alpha value is -1.77. The van der Waals surface area contributed by atoms with Gasteiger partial charge in [-0.2, -0.15) is 0 Å². The molecule has 1 heterocycles. The molecule has 162 valence electrons. The summed E-state index contributed by atoms with van der Waals surface area (Å²) in [5.74, 6) is -1.19.